The van der Waals surface area contributed by atoms with Crippen molar-refractivity contribution in [2.24, 2.45) is 16.1 Å². The number of nitrogens with one attached hydrogen (secondary N) is 1. The molecule has 35 heavy (non-hydrogen) atoms. The van der Waals surface area contributed by atoms with Crippen molar-refractivity contribution in [3.8, 4) is 0 Å². The molecule has 1 aliphatic carbocycles. The summed E-state index contributed by atoms with van der Waals surface area (Å²) in [5.41, 5.74) is 3.48. The lowest BCUT2D eigenvalue weighted by Crippen LogP contribution is -2.48. The first-order chi connectivity index (χ1) is 17.0. The summed E-state index contributed by atoms with van der Waals surface area (Å²) in [6, 6.07) is 7.58. The second-order valence-corrected chi connectivity index (χ2v) is 9.78. The third kappa shape index (κ3) is 4.80. The maximum absolute atomic E-state index is 12.7. The second kappa shape index (κ2) is 10.2. The van der Waals surface area contributed by atoms with E-state index in [0.29, 0.717) is 18.9 Å². The molecule has 0 aromatic heterocycles. The van der Waals surface area contributed by atoms with E-state index >= 15 is 0 Å². The van der Waals surface area contributed by atoms with E-state index in [-0.39, 0.29) is 23.9 Å². The molecule has 1 amide bonds. The summed E-state index contributed by atoms with van der Waals surface area (Å²) in [6.45, 7) is 5.07. The molecule has 2 fully saturated rings. The van der Waals surface area contributed by atoms with Crippen LogP contribution in [0.15, 0.2) is 69.6 Å². The highest BCUT2D eigenvalue weighted by molar-refractivity contribution is 6.04. The van der Waals surface area contributed by atoms with Crippen molar-refractivity contribution < 1.29 is 9.53 Å². The predicted octanol–water partition coefficient (Wildman–Crippen LogP) is 3.88. The summed E-state index contributed by atoms with van der Waals surface area (Å²) in [7, 11) is 2.02. The van der Waals surface area contributed by atoms with Crippen molar-refractivity contribution in [1.29, 1.82) is 0 Å². The Balaban J connectivity index is 1.37. The van der Waals surface area contributed by atoms with Crippen LogP contribution in [0.25, 0.3) is 0 Å². The first kappa shape index (κ1) is 23.5. The minimum absolute atomic E-state index is 0.0353. The first-order valence-corrected chi connectivity index (χ1v) is 12.5. The van der Waals surface area contributed by atoms with Crippen molar-refractivity contribution in [1.82, 2.24) is 15.1 Å². The molecule has 1 atom stereocenters. The maximum atomic E-state index is 12.7. The van der Waals surface area contributed by atoms with Crippen LogP contribution >= 0.6 is 0 Å². The number of piperidine rings is 1. The third-order valence-corrected chi connectivity index (χ3v) is 7.46. The third-order valence-electron chi connectivity index (χ3n) is 7.46. The van der Waals surface area contributed by atoms with Gasteiger partial charge in [0.1, 0.15) is 17.3 Å². The molecule has 0 saturated carbocycles. The van der Waals surface area contributed by atoms with Crippen LogP contribution in [0, 0.1) is 10.8 Å². The van der Waals surface area contributed by atoms with Gasteiger partial charge in [-0.3, -0.25) is 4.79 Å². The summed E-state index contributed by atoms with van der Waals surface area (Å²) in [5.74, 6) is 1.93. The molecule has 8 heteroatoms. The number of hydrogen-bond acceptors (Lipinski definition) is 7. The van der Waals surface area contributed by atoms with Gasteiger partial charge in [0.05, 0.1) is 6.04 Å². The molecule has 4 aliphatic rings. The van der Waals surface area contributed by atoms with Crippen LogP contribution < -0.4 is 5.32 Å². The highest BCUT2D eigenvalue weighted by Crippen LogP contribution is 2.34. The van der Waals surface area contributed by atoms with E-state index in [9.17, 15) is 9.70 Å². The molecule has 8 nitrogen and oxygen atoms in total. The largest absolute Gasteiger partial charge is 0.381 e. The van der Waals surface area contributed by atoms with Gasteiger partial charge in [-0.2, -0.15) is 0 Å². The topological polar surface area (TPSA) is 86.6 Å². The number of ether oxygens (including phenoxy) is 1. The molecule has 0 spiro atoms. The monoisotopic (exact) mass is 475 g/mol. The average molecular weight is 476 g/mol. The molecule has 0 radical (unpaired) electrons. The number of likely N-dealkylation sites (N-methyl/N-ethyl adjacent to an activating group) is 1. The fraction of sp³-hybridized carbons (Fsp3) is 0.481. The zero-order valence-electron chi connectivity index (χ0n) is 20.4. The Hall–Kier alpha value is -3.26. The van der Waals surface area contributed by atoms with E-state index in [1.54, 1.807) is 6.07 Å². The second-order valence-electron chi connectivity index (χ2n) is 9.78. The first-order valence-electron chi connectivity index (χ1n) is 12.5. The lowest BCUT2D eigenvalue weighted by atomic mass is 9.93. The lowest BCUT2D eigenvalue weighted by molar-refractivity contribution is -0.128. The van der Waals surface area contributed by atoms with Crippen LogP contribution in [0.3, 0.4) is 0 Å². The van der Waals surface area contributed by atoms with E-state index in [0.717, 1.165) is 61.6 Å². The molecule has 2 saturated heterocycles. The number of allylic oxidation sites excluding steroid dienone is 2. The number of nitrogens with zero attached hydrogens (tertiary/aromatic N) is 4. The van der Waals surface area contributed by atoms with E-state index < -0.39 is 0 Å². The number of carbonyl (C=O) groups excluding carboxylic acids is 1. The Morgan fingerprint density at radius 1 is 1.11 bits per heavy atom. The van der Waals surface area contributed by atoms with Gasteiger partial charge in [-0.15, -0.1) is 4.91 Å². The average Bonchev–Trinajstić information content (AvgIpc) is 2.90. The number of carbonyl (C=O) groups is 1. The maximum Gasteiger partial charge on any atom is 0.223 e. The van der Waals surface area contributed by atoms with Gasteiger partial charge in [0.15, 0.2) is 0 Å². The molecule has 5 rings (SSSR count). The molecular formula is C27H33N5O3. The molecule has 3 aliphatic heterocycles. The Labute approximate surface area is 206 Å². The number of nitroso groups, excluding NO2 is 1. The van der Waals surface area contributed by atoms with E-state index in [1.165, 1.54) is 5.57 Å². The van der Waals surface area contributed by atoms with Gasteiger partial charge in [-0.1, -0.05) is 35.9 Å². The van der Waals surface area contributed by atoms with Crippen LogP contribution in [-0.4, -0.2) is 67.0 Å². The number of fused-ring (bicyclic) bond motifs is 1. The molecule has 1 aromatic carbocycles. The molecule has 0 bridgehead atoms. The molecule has 1 aromatic rings. The molecule has 1 unspecified atom stereocenters. The van der Waals surface area contributed by atoms with E-state index in [4.69, 9.17) is 9.73 Å². The van der Waals surface area contributed by atoms with Crippen molar-refractivity contribution in [3.63, 3.8) is 0 Å². The van der Waals surface area contributed by atoms with Gasteiger partial charge >= 0.3 is 0 Å². The number of aliphatic imine (C=N–C) groups is 1. The summed E-state index contributed by atoms with van der Waals surface area (Å²) in [6.07, 6.45) is 9.90. The fourth-order valence-electron chi connectivity index (χ4n) is 5.38. The Bertz CT molecular complexity index is 1110. The fourth-order valence-corrected chi connectivity index (χ4v) is 5.38. The Morgan fingerprint density at radius 2 is 1.86 bits per heavy atom. The summed E-state index contributed by atoms with van der Waals surface area (Å²) < 4.78 is 5.39. The minimum atomic E-state index is 0.0353. The minimum Gasteiger partial charge on any atom is -0.381 e. The summed E-state index contributed by atoms with van der Waals surface area (Å²) in [4.78, 5) is 33.8. The van der Waals surface area contributed by atoms with Gasteiger partial charge in [-0.05, 0) is 49.9 Å². The van der Waals surface area contributed by atoms with Gasteiger partial charge in [0.25, 0.3) is 0 Å². The standard InChI is InChI=1S/C27H33N5O3/c1-18-7-8-22-24(17-18)31(2)25(21-5-3-4-6-23(21)30-34)29-26(22)32-13-9-20(10-14-32)28-27(33)19-11-15-35-16-12-19/h3-8,17,19-20,24H,9-16H2,1-2H3,(H,28,33). The van der Waals surface area contributed by atoms with Gasteiger partial charge in [0, 0.05) is 56.4 Å². The van der Waals surface area contributed by atoms with Gasteiger partial charge < -0.3 is 19.9 Å². The number of rotatable bonds is 5. The van der Waals surface area contributed by atoms with Crippen molar-refractivity contribution in [3.05, 3.63) is 69.9 Å². The number of benzene rings is 1. The van der Waals surface area contributed by atoms with Crippen molar-refractivity contribution in [2.75, 3.05) is 33.4 Å². The van der Waals surface area contributed by atoms with Crippen molar-refractivity contribution >= 4 is 17.4 Å². The van der Waals surface area contributed by atoms with Crippen LogP contribution in [0.5, 0.6) is 0 Å². The highest BCUT2D eigenvalue weighted by atomic mass is 16.5. The number of hydrogen-bond donors (Lipinski definition) is 1. The lowest BCUT2D eigenvalue weighted by Gasteiger charge is -2.41. The van der Waals surface area contributed by atoms with Crippen LogP contribution in [0.1, 0.15) is 38.2 Å². The molecule has 184 valence electrons. The number of likely N-dealkylation sites (tertiary alicyclic amines) is 1. The zero-order chi connectivity index (χ0) is 24.4. The predicted molar refractivity (Wildman–Crippen MR) is 136 cm³/mol. The molecular weight excluding hydrogens is 442 g/mol. The highest BCUT2D eigenvalue weighted by Gasteiger charge is 2.34. The Kier molecular flexibility index (Phi) is 6.81. The molecule has 3 heterocycles. The van der Waals surface area contributed by atoms with Gasteiger partial charge in [0.2, 0.25) is 5.91 Å². The van der Waals surface area contributed by atoms with Gasteiger partial charge in [-0.25, -0.2) is 4.99 Å². The SMILES string of the molecule is CC1=CC2C(=C(N3CCC(NC(=O)C4CCOCC4)CC3)N=C(c3ccccc3N=O)N2C)C=C1. The zero-order valence-corrected chi connectivity index (χ0v) is 20.4. The van der Waals surface area contributed by atoms with E-state index in [1.807, 2.05) is 25.2 Å². The smallest absolute Gasteiger partial charge is 0.223 e. The molecule has 1 N–H and O–H groups in total. The van der Waals surface area contributed by atoms with Crippen LogP contribution in [0.2, 0.25) is 0 Å². The van der Waals surface area contributed by atoms with E-state index in [2.05, 4.69) is 45.4 Å². The number of amides is 1. The van der Waals surface area contributed by atoms with Crippen LogP contribution in [-0.2, 0) is 9.53 Å². The summed E-state index contributed by atoms with van der Waals surface area (Å²) >= 11 is 0. The normalized spacial score (nSPS) is 23.5. The summed E-state index contributed by atoms with van der Waals surface area (Å²) in [5, 5.41) is 6.53. The van der Waals surface area contributed by atoms with Crippen molar-refractivity contribution in [2.45, 2.75) is 44.7 Å². The quantitative estimate of drug-likeness (QED) is 0.653. The van der Waals surface area contributed by atoms with Crippen LogP contribution in [0.4, 0.5) is 5.69 Å². The number of amidine groups is 1. The Morgan fingerprint density at radius 3 is 2.60 bits per heavy atom.